The van der Waals surface area contributed by atoms with Crippen LogP contribution in [0.15, 0.2) is 46.9 Å². The molecule has 2 aromatic rings. The Morgan fingerprint density at radius 3 is 2.44 bits per heavy atom. The van der Waals surface area contributed by atoms with Crippen LogP contribution < -0.4 is 15.5 Å². The molecule has 1 unspecified atom stereocenters. The minimum Gasteiger partial charge on any atom is -0.325 e. The molecule has 6 nitrogen and oxygen atoms in total. The van der Waals surface area contributed by atoms with Crippen molar-refractivity contribution in [3.8, 4) is 0 Å². The molecular weight excluding hydrogens is 410 g/mol. The van der Waals surface area contributed by atoms with Crippen molar-refractivity contribution < 1.29 is 14.4 Å². The fraction of sp³-hybridized carbons (Fsp3) is 0.250. The van der Waals surface area contributed by atoms with Crippen molar-refractivity contribution in [3.63, 3.8) is 0 Å². The van der Waals surface area contributed by atoms with E-state index in [0.717, 1.165) is 15.7 Å². The molecule has 1 aliphatic heterocycles. The summed E-state index contributed by atoms with van der Waals surface area (Å²) >= 11 is 3.37. The Morgan fingerprint density at radius 2 is 1.78 bits per heavy atom. The summed E-state index contributed by atoms with van der Waals surface area (Å²) in [6, 6.07) is 12.9. The molecule has 27 heavy (non-hydrogen) atoms. The monoisotopic (exact) mass is 429 g/mol. The first-order chi connectivity index (χ1) is 12.8. The van der Waals surface area contributed by atoms with Gasteiger partial charge in [-0.25, -0.2) is 0 Å². The highest BCUT2D eigenvalue weighted by molar-refractivity contribution is 9.10. The molecule has 1 aliphatic rings. The smallest absolute Gasteiger partial charge is 0.229 e. The van der Waals surface area contributed by atoms with E-state index >= 15 is 0 Å². The summed E-state index contributed by atoms with van der Waals surface area (Å²) in [5, 5.41) is 5.53. The Bertz CT molecular complexity index is 896. The van der Waals surface area contributed by atoms with Gasteiger partial charge in [-0.1, -0.05) is 33.6 Å². The van der Waals surface area contributed by atoms with E-state index in [2.05, 4.69) is 26.6 Å². The Balaban J connectivity index is 1.74. The largest absolute Gasteiger partial charge is 0.325 e. The van der Waals surface area contributed by atoms with Gasteiger partial charge in [-0.05, 0) is 37.3 Å². The lowest BCUT2D eigenvalue weighted by molar-refractivity contribution is -0.122. The van der Waals surface area contributed by atoms with E-state index in [1.807, 2.05) is 31.2 Å². The van der Waals surface area contributed by atoms with Crippen LogP contribution in [0.2, 0.25) is 0 Å². The van der Waals surface area contributed by atoms with E-state index in [1.54, 1.807) is 23.1 Å². The van der Waals surface area contributed by atoms with E-state index in [9.17, 15) is 14.4 Å². The Labute approximate surface area is 166 Å². The number of carbonyl (C=O) groups excluding carboxylic acids is 3. The highest BCUT2D eigenvalue weighted by atomic mass is 79.9. The van der Waals surface area contributed by atoms with Crippen LogP contribution in [0.5, 0.6) is 0 Å². The van der Waals surface area contributed by atoms with E-state index in [1.165, 1.54) is 6.92 Å². The topological polar surface area (TPSA) is 78.5 Å². The number of benzene rings is 2. The van der Waals surface area contributed by atoms with Gasteiger partial charge in [0.25, 0.3) is 0 Å². The molecule has 3 amide bonds. The average molecular weight is 430 g/mol. The first-order valence-electron chi connectivity index (χ1n) is 8.58. The number of halogens is 1. The second kappa shape index (κ2) is 7.92. The number of nitrogens with zero attached hydrogens (tertiary/aromatic N) is 1. The Morgan fingerprint density at radius 1 is 1.07 bits per heavy atom. The average Bonchev–Trinajstić information content (AvgIpc) is 3.00. The minimum atomic E-state index is -0.456. The summed E-state index contributed by atoms with van der Waals surface area (Å²) in [6.07, 6.45) is 0.156. The van der Waals surface area contributed by atoms with E-state index in [-0.39, 0.29) is 24.1 Å². The number of carbonyl (C=O) groups is 3. The Hall–Kier alpha value is -2.67. The van der Waals surface area contributed by atoms with Crippen molar-refractivity contribution >= 4 is 50.7 Å². The van der Waals surface area contributed by atoms with Crippen LogP contribution in [-0.2, 0) is 14.4 Å². The van der Waals surface area contributed by atoms with Crippen LogP contribution in [0.25, 0.3) is 0 Å². The van der Waals surface area contributed by atoms with Crippen molar-refractivity contribution in [2.45, 2.75) is 20.3 Å². The van der Waals surface area contributed by atoms with Crippen molar-refractivity contribution in [3.05, 3.63) is 52.5 Å². The number of aryl methyl sites for hydroxylation is 1. The molecule has 2 N–H and O–H groups in total. The molecule has 1 saturated heterocycles. The van der Waals surface area contributed by atoms with Crippen molar-refractivity contribution in [1.82, 2.24) is 0 Å². The van der Waals surface area contributed by atoms with Gasteiger partial charge in [-0.2, -0.15) is 0 Å². The van der Waals surface area contributed by atoms with Crippen LogP contribution >= 0.6 is 15.9 Å². The predicted molar refractivity (Wildman–Crippen MR) is 109 cm³/mol. The highest BCUT2D eigenvalue weighted by Crippen LogP contribution is 2.29. The molecular formula is C20H20BrN3O3. The molecule has 0 radical (unpaired) electrons. The third-order valence-corrected chi connectivity index (χ3v) is 4.88. The first kappa shape index (κ1) is 19.1. The molecule has 1 heterocycles. The maximum atomic E-state index is 12.7. The van der Waals surface area contributed by atoms with Crippen LogP contribution in [-0.4, -0.2) is 24.3 Å². The summed E-state index contributed by atoms with van der Waals surface area (Å²) < 4.78 is 0.774. The normalized spacial score (nSPS) is 16.3. The SMILES string of the molecule is CC(=O)Nc1ccc(Br)cc1NC(=O)C1CC(=O)N(c2ccc(C)cc2)C1. The summed E-state index contributed by atoms with van der Waals surface area (Å²) in [5.41, 5.74) is 2.91. The molecule has 0 saturated carbocycles. The molecule has 0 bridgehead atoms. The first-order valence-corrected chi connectivity index (χ1v) is 9.38. The summed E-state index contributed by atoms with van der Waals surface area (Å²) in [5.74, 6) is -1.00. The van der Waals surface area contributed by atoms with Crippen LogP contribution in [0.1, 0.15) is 18.9 Å². The minimum absolute atomic E-state index is 0.0738. The van der Waals surface area contributed by atoms with E-state index in [4.69, 9.17) is 0 Å². The number of rotatable bonds is 4. The second-order valence-electron chi connectivity index (χ2n) is 6.60. The summed E-state index contributed by atoms with van der Waals surface area (Å²) in [7, 11) is 0. The van der Waals surface area contributed by atoms with Gasteiger partial charge in [0.15, 0.2) is 0 Å². The van der Waals surface area contributed by atoms with E-state index < -0.39 is 5.92 Å². The predicted octanol–water partition coefficient (Wildman–Crippen LogP) is 3.71. The molecule has 0 spiro atoms. The maximum absolute atomic E-state index is 12.7. The number of amides is 3. The van der Waals surface area contributed by atoms with Gasteiger partial charge in [0.2, 0.25) is 17.7 Å². The van der Waals surface area contributed by atoms with Gasteiger partial charge in [0, 0.05) is 30.0 Å². The molecule has 7 heteroatoms. The molecule has 1 fully saturated rings. The number of nitrogens with one attached hydrogen (secondary N) is 2. The lowest BCUT2D eigenvalue weighted by Gasteiger charge is -2.17. The second-order valence-corrected chi connectivity index (χ2v) is 7.52. The number of anilines is 3. The van der Waals surface area contributed by atoms with Gasteiger partial charge >= 0.3 is 0 Å². The number of hydrogen-bond acceptors (Lipinski definition) is 3. The highest BCUT2D eigenvalue weighted by Gasteiger charge is 2.35. The van der Waals surface area contributed by atoms with Crippen LogP contribution in [0, 0.1) is 12.8 Å². The van der Waals surface area contributed by atoms with Gasteiger partial charge < -0.3 is 15.5 Å². The quantitative estimate of drug-likeness (QED) is 0.777. The standard InChI is InChI=1S/C20H20BrN3O3/c1-12-3-6-16(7-4-12)24-11-14(9-19(24)26)20(27)23-18-10-15(21)5-8-17(18)22-13(2)25/h3-8,10,14H,9,11H2,1-2H3,(H,22,25)(H,23,27). The van der Waals surface area contributed by atoms with Crippen LogP contribution in [0.3, 0.4) is 0 Å². The third kappa shape index (κ3) is 4.54. The van der Waals surface area contributed by atoms with Crippen molar-refractivity contribution in [1.29, 1.82) is 0 Å². The summed E-state index contributed by atoms with van der Waals surface area (Å²) in [4.78, 5) is 38.1. The number of hydrogen-bond donors (Lipinski definition) is 2. The third-order valence-electron chi connectivity index (χ3n) is 4.39. The fourth-order valence-corrected chi connectivity index (χ4v) is 3.37. The van der Waals surface area contributed by atoms with Gasteiger partial charge in [0.05, 0.1) is 17.3 Å². The summed E-state index contributed by atoms with van der Waals surface area (Å²) in [6.45, 7) is 3.72. The molecule has 0 aliphatic carbocycles. The zero-order valence-electron chi connectivity index (χ0n) is 15.1. The Kier molecular flexibility index (Phi) is 5.60. The zero-order valence-corrected chi connectivity index (χ0v) is 16.7. The van der Waals surface area contributed by atoms with E-state index in [0.29, 0.717) is 17.9 Å². The molecule has 3 rings (SSSR count). The lowest BCUT2D eigenvalue weighted by atomic mass is 10.1. The molecule has 0 aromatic heterocycles. The van der Waals surface area contributed by atoms with Crippen molar-refractivity contribution in [2.24, 2.45) is 5.92 Å². The van der Waals surface area contributed by atoms with Crippen LogP contribution in [0.4, 0.5) is 17.1 Å². The van der Waals surface area contributed by atoms with Gasteiger partial charge in [-0.15, -0.1) is 0 Å². The molecule has 1 atom stereocenters. The fourth-order valence-electron chi connectivity index (χ4n) is 3.01. The van der Waals surface area contributed by atoms with Gasteiger partial charge in [0.1, 0.15) is 0 Å². The lowest BCUT2D eigenvalue weighted by Crippen LogP contribution is -2.28. The van der Waals surface area contributed by atoms with Crippen molar-refractivity contribution in [2.75, 3.05) is 22.1 Å². The van der Waals surface area contributed by atoms with Gasteiger partial charge in [-0.3, -0.25) is 14.4 Å². The maximum Gasteiger partial charge on any atom is 0.229 e. The zero-order chi connectivity index (χ0) is 19.6. The molecule has 140 valence electrons. The molecule has 2 aromatic carbocycles.